The van der Waals surface area contributed by atoms with Gasteiger partial charge in [0, 0.05) is 31.0 Å². The topological polar surface area (TPSA) is 75.6 Å². The Hall–Kier alpha value is -3.09. The highest BCUT2D eigenvalue weighted by Gasteiger charge is 2.03. The molecule has 0 spiro atoms. The van der Waals surface area contributed by atoms with E-state index in [0.29, 0.717) is 30.4 Å². The zero-order chi connectivity index (χ0) is 15.9. The molecule has 3 rings (SSSR count). The van der Waals surface area contributed by atoms with E-state index in [1.807, 2.05) is 12.1 Å². The van der Waals surface area contributed by atoms with Crippen LogP contribution in [0.2, 0.25) is 0 Å². The Balaban J connectivity index is 1.60. The lowest BCUT2D eigenvalue weighted by atomic mass is 10.2. The molecule has 0 aliphatic carbocycles. The summed E-state index contributed by atoms with van der Waals surface area (Å²) in [5, 5.41) is 13.9. The maximum Gasteiger partial charge on any atom is 0.244 e. The van der Waals surface area contributed by atoms with Crippen molar-refractivity contribution >= 4 is 11.8 Å². The first kappa shape index (κ1) is 14.8. The number of nitrogens with one attached hydrogen (secondary N) is 2. The van der Waals surface area contributed by atoms with Crippen molar-refractivity contribution in [2.24, 2.45) is 0 Å². The second kappa shape index (κ2) is 7.26. The van der Waals surface area contributed by atoms with E-state index in [1.54, 1.807) is 30.6 Å². The fourth-order valence-electron chi connectivity index (χ4n) is 1.97. The summed E-state index contributed by atoms with van der Waals surface area (Å²) < 4.78 is 13.6. The Morgan fingerprint density at radius 2 is 1.78 bits per heavy atom. The minimum atomic E-state index is -0.252. The van der Waals surface area contributed by atoms with Gasteiger partial charge in [0.25, 0.3) is 0 Å². The highest BCUT2D eigenvalue weighted by atomic mass is 19.1. The highest BCUT2D eigenvalue weighted by molar-refractivity contribution is 5.38. The van der Waals surface area contributed by atoms with Crippen molar-refractivity contribution in [3.05, 3.63) is 71.9 Å². The van der Waals surface area contributed by atoms with Crippen molar-refractivity contribution in [1.82, 2.24) is 20.2 Å². The molecule has 0 radical (unpaired) electrons. The first-order valence-electron chi connectivity index (χ1n) is 7.11. The first-order chi connectivity index (χ1) is 11.3. The molecule has 0 fully saturated rings. The summed E-state index contributed by atoms with van der Waals surface area (Å²) >= 11 is 0. The average Bonchev–Trinajstić information content (AvgIpc) is 2.61. The minimum absolute atomic E-state index is 0.252. The van der Waals surface area contributed by atoms with Gasteiger partial charge in [-0.25, -0.2) is 4.39 Å². The number of hydrogen-bond acceptors (Lipinski definition) is 6. The molecule has 2 aromatic heterocycles. The number of hydrogen-bond donors (Lipinski definition) is 2. The van der Waals surface area contributed by atoms with E-state index in [1.165, 1.54) is 12.3 Å². The Morgan fingerprint density at radius 1 is 0.957 bits per heavy atom. The molecule has 1 aromatic carbocycles. The molecule has 0 aliphatic rings. The van der Waals surface area contributed by atoms with E-state index in [2.05, 4.69) is 30.8 Å². The lowest BCUT2D eigenvalue weighted by Gasteiger charge is -2.08. The molecular weight excluding hydrogens is 295 g/mol. The molecule has 0 aliphatic heterocycles. The molecule has 6 nitrogen and oxygen atoms in total. The quantitative estimate of drug-likeness (QED) is 0.729. The summed E-state index contributed by atoms with van der Waals surface area (Å²) in [4.78, 5) is 8.26. The van der Waals surface area contributed by atoms with Crippen LogP contribution < -0.4 is 10.6 Å². The molecule has 0 unspecified atom stereocenters. The van der Waals surface area contributed by atoms with Crippen LogP contribution in [0.3, 0.4) is 0 Å². The zero-order valence-corrected chi connectivity index (χ0v) is 12.3. The minimum Gasteiger partial charge on any atom is -0.364 e. The van der Waals surface area contributed by atoms with Gasteiger partial charge in [-0.3, -0.25) is 4.98 Å². The van der Waals surface area contributed by atoms with Crippen molar-refractivity contribution in [2.45, 2.75) is 13.1 Å². The van der Waals surface area contributed by atoms with Gasteiger partial charge in [0.2, 0.25) is 5.95 Å². The number of halogens is 1. The Labute approximate surface area is 132 Å². The normalized spacial score (nSPS) is 10.3. The van der Waals surface area contributed by atoms with Crippen LogP contribution in [-0.2, 0) is 13.1 Å². The van der Waals surface area contributed by atoms with Crippen molar-refractivity contribution in [1.29, 1.82) is 0 Å². The monoisotopic (exact) mass is 310 g/mol. The Bertz CT molecular complexity index is 765. The second-order valence-corrected chi connectivity index (χ2v) is 4.82. The first-order valence-corrected chi connectivity index (χ1v) is 7.11. The van der Waals surface area contributed by atoms with E-state index in [-0.39, 0.29) is 5.82 Å². The van der Waals surface area contributed by atoms with Gasteiger partial charge in [-0.2, -0.15) is 10.1 Å². The maximum absolute atomic E-state index is 13.6. The van der Waals surface area contributed by atoms with Crippen molar-refractivity contribution in [3.63, 3.8) is 0 Å². The summed E-state index contributed by atoms with van der Waals surface area (Å²) in [5.74, 6) is 0.680. The van der Waals surface area contributed by atoms with E-state index in [4.69, 9.17) is 0 Å². The number of pyridine rings is 1. The maximum atomic E-state index is 13.6. The van der Waals surface area contributed by atoms with Crippen LogP contribution in [0.15, 0.2) is 55.0 Å². The van der Waals surface area contributed by atoms with Gasteiger partial charge in [0.15, 0.2) is 5.82 Å². The van der Waals surface area contributed by atoms with Crippen LogP contribution in [-0.4, -0.2) is 20.2 Å². The fraction of sp³-hybridized carbons (Fsp3) is 0.125. The molecule has 7 heteroatoms. The molecule has 0 saturated carbocycles. The van der Waals surface area contributed by atoms with Crippen LogP contribution in [0.25, 0.3) is 0 Å². The third-order valence-electron chi connectivity index (χ3n) is 3.18. The van der Waals surface area contributed by atoms with E-state index in [9.17, 15) is 4.39 Å². The third-order valence-corrected chi connectivity index (χ3v) is 3.18. The van der Waals surface area contributed by atoms with Crippen LogP contribution in [0.4, 0.5) is 16.2 Å². The van der Waals surface area contributed by atoms with Crippen molar-refractivity contribution in [2.75, 3.05) is 10.6 Å². The van der Waals surface area contributed by atoms with Gasteiger partial charge in [0.05, 0.1) is 6.20 Å². The lowest BCUT2D eigenvalue weighted by Crippen LogP contribution is -2.08. The Morgan fingerprint density at radius 3 is 2.61 bits per heavy atom. The number of aromatic nitrogens is 4. The standard InChI is InChI=1S/C16H15FN6/c17-14-4-2-1-3-13(14)10-19-15-11-21-23-16(22-15)20-9-12-5-7-18-8-6-12/h1-8,11H,9-10H2,(H2,19,20,22,23). The molecule has 2 N–H and O–H groups in total. The predicted molar refractivity (Wildman–Crippen MR) is 85.1 cm³/mol. The number of benzene rings is 1. The van der Waals surface area contributed by atoms with Crippen LogP contribution >= 0.6 is 0 Å². The van der Waals surface area contributed by atoms with Gasteiger partial charge >= 0.3 is 0 Å². The molecule has 23 heavy (non-hydrogen) atoms. The van der Waals surface area contributed by atoms with Gasteiger partial charge < -0.3 is 10.6 Å². The van der Waals surface area contributed by atoms with E-state index in [0.717, 1.165) is 5.56 Å². The highest BCUT2D eigenvalue weighted by Crippen LogP contribution is 2.10. The lowest BCUT2D eigenvalue weighted by molar-refractivity contribution is 0.613. The smallest absolute Gasteiger partial charge is 0.244 e. The van der Waals surface area contributed by atoms with Gasteiger partial charge in [0.1, 0.15) is 5.82 Å². The summed E-state index contributed by atoms with van der Waals surface area (Å²) in [6.45, 7) is 0.899. The van der Waals surface area contributed by atoms with Crippen LogP contribution in [0.5, 0.6) is 0 Å². The Kier molecular flexibility index (Phi) is 4.68. The molecule has 3 aromatic rings. The zero-order valence-electron chi connectivity index (χ0n) is 12.3. The number of rotatable bonds is 6. The predicted octanol–water partition coefficient (Wildman–Crippen LogP) is 2.63. The molecule has 2 heterocycles. The summed E-state index contributed by atoms with van der Waals surface area (Å²) in [7, 11) is 0. The molecular formula is C16H15FN6. The number of anilines is 2. The summed E-state index contributed by atoms with van der Waals surface area (Å²) in [6.07, 6.45) is 4.95. The molecule has 0 saturated heterocycles. The molecule has 0 atom stereocenters. The van der Waals surface area contributed by atoms with Crippen molar-refractivity contribution in [3.8, 4) is 0 Å². The molecule has 0 bridgehead atoms. The van der Waals surface area contributed by atoms with Crippen molar-refractivity contribution < 1.29 is 4.39 Å². The summed E-state index contributed by atoms with van der Waals surface area (Å²) in [5.41, 5.74) is 1.63. The average molecular weight is 310 g/mol. The largest absolute Gasteiger partial charge is 0.364 e. The molecule has 116 valence electrons. The van der Waals surface area contributed by atoms with E-state index >= 15 is 0 Å². The number of nitrogens with zero attached hydrogens (tertiary/aromatic N) is 4. The SMILES string of the molecule is Fc1ccccc1CNc1cnnc(NCc2ccncc2)n1. The van der Waals surface area contributed by atoms with Crippen LogP contribution in [0.1, 0.15) is 11.1 Å². The second-order valence-electron chi connectivity index (χ2n) is 4.82. The third kappa shape index (κ3) is 4.19. The van der Waals surface area contributed by atoms with Crippen LogP contribution in [0, 0.1) is 5.82 Å². The summed E-state index contributed by atoms with van der Waals surface area (Å²) in [6, 6.07) is 10.4. The molecule has 0 amide bonds. The van der Waals surface area contributed by atoms with Gasteiger partial charge in [-0.15, -0.1) is 5.10 Å². The van der Waals surface area contributed by atoms with Gasteiger partial charge in [-0.05, 0) is 23.8 Å². The van der Waals surface area contributed by atoms with Gasteiger partial charge in [-0.1, -0.05) is 18.2 Å². The fourth-order valence-corrected chi connectivity index (χ4v) is 1.97. The van der Waals surface area contributed by atoms with E-state index < -0.39 is 0 Å².